The van der Waals surface area contributed by atoms with Gasteiger partial charge in [-0.2, -0.15) is 0 Å². The fourth-order valence-corrected chi connectivity index (χ4v) is 1.67. The topological polar surface area (TPSA) is 112 Å². The van der Waals surface area contributed by atoms with Gasteiger partial charge in [0.15, 0.2) is 5.92 Å². The third kappa shape index (κ3) is 14.0. The SMILES string of the molecule is CCOC(=O)C(C(=O)OCC)C1C=CC=CC=C1.[C-]#[O+].[C-]#[O+].[C-]#[O+].[Cr]. The van der Waals surface area contributed by atoms with Crippen LogP contribution in [0.15, 0.2) is 36.5 Å². The Kier molecular flexibility index (Phi) is 29.7. The van der Waals surface area contributed by atoms with E-state index in [1.165, 1.54) is 0 Å². The minimum atomic E-state index is -0.933. The molecule has 1 rings (SSSR count). The van der Waals surface area contributed by atoms with E-state index in [0.717, 1.165) is 0 Å². The van der Waals surface area contributed by atoms with Gasteiger partial charge >= 0.3 is 45.8 Å². The molecule has 1 aliphatic carbocycles. The number of esters is 2. The molecule has 0 bridgehead atoms. The number of hydrogen-bond acceptors (Lipinski definition) is 4. The van der Waals surface area contributed by atoms with E-state index in [9.17, 15) is 9.59 Å². The van der Waals surface area contributed by atoms with Gasteiger partial charge in [-0.05, 0) is 13.8 Å². The standard InChI is InChI=1S/C14H18O4.3CO.Cr/c1-3-17-13(15)12(14(16)18-4-2)11-9-7-5-6-8-10-11;3*1-2;/h5-12H,3-4H2,1-2H3;;;;. The van der Waals surface area contributed by atoms with Gasteiger partial charge in [0.25, 0.3) is 0 Å². The molecule has 0 N–H and O–H groups in total. The molecule has 7 nitrogen and oxygen atoms in total. The molecular weight excluding hydrogens is 368 g/mol. The molecule has 0 aliphatic heterocycles. The first kappa shape index (κ1) is 30.8. The van der Waals surface area contributed by atoms with Crippen molar-refractivity contribution in [2.24, 2.45) is 11.8 Å². The second kappa shape index (κ2) is 24.2. The number of ether oxygens (including phenoxy) is 2. The minimum absolute atomic E-state index is 0. The molecule has 0 radical (unpaired) electrons. The number of hydrogen-bond donors (Lipinski definition) is 0. The van der Waals surface area contributed by atoms with Crippen LogP contribution in [0.4, 0.5) is 0 Å². The van der Waals surface area contributed by atoms with Crippen LogP contribution in [0, 0.1) is 31.8 Å². The average molecular weight is 386 g/mol. The van der Waals surface area contributed by atoms with Crippen LogP contribution in [0.5, 0.6) is 0 Å². The summed E-state index contributed by atoms with van der Waals surface area (Å²) in [5, 5.41) is 0. The molecule has 0 aromatic carbocycles. The van der Waals surface area contributed by atoms with Gasteiger partial charge in [0.2, 0.25) is 0 Å². The van der Waals surface area contributed by atoms with E-state index in [2.05, 4.69) is 20.0 Å². The van der Waals surface area contributed by atoms with Crippen LogP contribution in [-0.2, 0) is 50.4 Å². The Labute approximate surface area is 158 Å². The van der Waals surface area contributed by atoms with Crippen molar-refractivity contribution < 1.29 is 50.4 Å². The summed E-state index contributed by atoms with van der Waals surface area (Å²) in [5.41, 5.74) is 0. The number of allylic oxidation sites excluding steroid dienone is 6. The largest absolute Gasteiger partial charge is 0 e. The molecule has 25 heavy (non-hydrogen) atoms. The van der Waals surface area contributed by atoms with Gasteiger partial charge in [-0.15, -0.1) is 0 Å². The molecule has 0 heterocycles. The molecule has 0 unspecified atom stereocenters. The summed E-state index contributed by atoms with van der Waals surface area (Å²) in [4.78, 5) is 23.7. The van der Waals surface area contributed by atoms with E-state index >= 15 is 0 Å². The molecule has 0 saturated carbocycles. The predicted octanol–water partition coefficient (Wildman–Crippen LogP) is 1.91. The van der Waals surface area contributed by atoms with Crippen molar-refractivity contribution in [1.82, 2.24) is 0 Å². The predicted molar refractivity (Wildman–Crippen MR) is 79.5 cm³/mol. The molecule has 0 aromatic heterocycles. The Bertz CT molecular complexity index is 453. The fourth-order valence-electron chi connectivity index (χ4n) is 1.67. The molecule has 0 fully saturated rings. The Morgan fingerprint density at radius 1 is 0.840 bits per heavy atom. The van der Waals surface area contributed by atoms with Crippen LogP contribution in [0.1, 0.15) is 13.8 Å². The zero-order valence-corrected chi connectivity index (χ0v) is 15.1. The second-order valence-corrected chi connectivity index (χ2v) is 3.71. The van der Waals surface area contributed by atoms with E-state index in [-0.39, 0.29) is 36.5 Å². The first-order valence-electron chi connectivity index (χ1n) is 6.66. The van der Waals surface area contributed by atoms with Gasteiger partial charge in [0.1, 0.15) is 0 Å². The molecule has 0 atom stereocenters. The maximum Gasteiger partial charge on any atom is 0 e. The van der Waals surface area contributed by atoms with Crippen LogP contribution in [0.3, 0.4) is 0 Å². The number of rotatable bonds is 5. The van der Waals surface area contributed by atoms with E-state index < -0.39 is 17.9 Å². The van der Waals surface area contributed by atoms with Crippen LogP contribution >= 0.6 is 0 Å². The van der Waals surface area contributed by atoms with Crippen molar-refractivity contribution in [2.45, 2.75) is 13.8 Å². The van der Waals surface area contributed by atoms with Crippen molar-refractivity contribution in [3.63, 3.8) is 0 Å². The zero-order chi connectivity index (χ0) is 19.4. The van der Waals surface area contributed by atoms with Crippen LogP contribution in [0.25, 0.3) is 0 Å². The summed E-state index contributed by atoms with van der Waals surface area (Å²) in [6, 6.07) is 0. The minimum Gasteiger partial charge on any atom is 0 e. The van der Waals surface area contributed by atoms with E-state index in [4.69, 9.17) is 23.4 Å². The van der Waals surface area contributed by atoms with Gasteiger partial charge in [0.05, 0.1) is 13.2 Å². The third-order valence-electron chi connectivity index (χ3n) is 2.47. The molecule has 134 valence electrons. The van der Waals surface area contributed by atoms with E-state index in [0.29, 0.717) is 0 Å². The number of carbonyl (C=O) groups is 2. The van der Waals surface area contributed by atoms with Crippen LogP contribution in [0.2, 0.25) is 0 Å². The maximum absolute atomic E-state index is 11.9. The Morgan fingerprint density at radius 3 is 1.44 bits per heavy atom. The van der Waals surface area contributed by atoms with E-state index in [1.54, 1.807) is 38.2 Å². The second-order valence-electron chi connectivity index (χ2n) is 3.71. The zero-order valence-electron chi connectivity index (χ0n) is 13.8. The van der Waals surface area contributed by atoms with Gasteiger partial charge in [-0.3, -0.25) is 9.59 Å². The Balaban J connectivity index is -0.000000284. The van der Waals surface area contributed by atoms with Crippen molar-refractivity contribution in [3.8, 4) is 0 Å². The van der Waals surface area contributed by atoms with Crippen LogP contribution in [-0.4, -0.2) is 25.2 Å². The molecular formula is C17H18CrO7. The molecule has 0 spiro atoms. The quantitative estimate of drug-likeness (QED) is 0.311. The van der Waals surface area contributed by atoms with E-state index in [1.807, 2.05) is 12.2 Å². The summed E-state index contributed by atoms with van der Waals surface area (Å²) in [6.45, 7) is 17.4. The summed E-state index contributed by atoms with van der Waals surface area (Å²) in [6.07, 6.45) is 10.9. The van der Waals surface area contributed by atoms with Gasteiger partial charge < -0.3 is 9.47 Å². The molecule has 1 aliphatic rings. The van der Waals surface area contributed by atoms with Crippen molar-refractivity contribution in [2.75, 3.05) is 13.2 Å². The first-order valence-corrected chi connectivity index (χ1v) is 6.66. The van der Waals surface area contributed by atoms with Gasteiger partial charge in [-0.25, -0.2) is 0 Å². The van der Waals surface area contributed by atoms with Crippen molar-refractivity contribution in [3.05, 3.63) is 56.4 Å². The smallest absolute Gasteiger partial charge is 0 e. The fraction of sp³-hybridized carbons (Fsp3) is 0.353. The summed E-state index contributed by atoms with van der Waals surface area (Å²) >= 11 is 0. The first-order chi connectivity index (χ1) is 11.7. The molecule has 8 heteroatoms. The average Bonchev–Trinajstić information content (AvgIpc) is 2.90. The Morgan fingerprint density at radius 2 is 1.16 bits per heavy atom. The van der Waals surface area contributed by atoms with Gasteiger partial charge in [-0.1, -0.05) is 36.5 Å². The monoisotopic (exact) mass is 386 g/mol. The Hall–Kier alpha value is -2.09. The molecule has 0 saturated heterocycles. The summed E-state index contributed by atoms with van der Waals surface area (Å²) < 4.78 is 32.4. The summed E-state index contributed by atoms with van der Waals surface area (Å²) in [7, 11) is 0. The van der Waals surface area contributed by atoms with Crippen LogP contribution < -0.4 is 0 Å². The molecule has 0 amide bonds. The van der Waals surface area contributed by atoms with Crippen molar-refractivity contribution in [1.29, 1.82) is 0 Å². The molecule has 0 aromatic rings. The van der Waals surface area contributed by atoms with Gasteiger partial charge in [0, 0.05) is 23.3 Å². The normalized spacial score (nSPS) is 10.8. The van der Waals surface area contributed by atoms with Crippen molar-refractivity contribution >= 4 is 11.9 Å². The summed E-state index contributed by atoms with van der Waals surface area (Å²) in [5.74, 6) is -2.36. The number of carbonyl (C=O) groups excluding carboxylic acids is 2. The maximum atomic E-state index is 11.9. The third-order valence-corrected chi connectivity index (χ3v) is 2.47.